The van der Waals surface area contributed by atoms with Crippen LogP contribution >= 0.6 is 11.6 Å². The van der Waals surface area contributed by atoms with Gasteiger partial charge in [-0.15, -0.1) is 0 Å². The van der Waals surface area contributed by atoms with Crippen molar-refractivity contribution in [2.75, 3.05) is 6.54 Å². The van der Waals surface area contributed by atoms with E-state index in [9.17, 15) is 9.18 Å². The quantitative estimate of drug-likeness (QED) is 0.849. The van der Waals surface area contributed by atoms with Gasteiger partial charge in [0.1, 0.15) is 5.82 Å². The minimum absolute atomic E-state index is 0.0449. The zero-order valence-corrected chi connectivity index (χ0v) is 13.6. The Labute approximate surface area is 139 Å². The number of likely N-dealkylation sites (tertiary alicyclic amines) is 1. The fourth-order valence-electron chi connectivity index (χ4n) is 2.97. The summed E-state index contributed by atoms with van der Waals surface area (Å²) in [6, 6.07) is 6.22. The molecule has 1 atom stereocenters. The Bertz CT molecular complexity index is 696. The molecule has 0 N–H and O–H groups in total. The number of aromatic nitrogens is 1. The van der Waals surface area contributed by atoms with Crippen molar-refractivity contribution >= 4 is 17.5 Å². The lowest BCUT2D eigenvalue weighted by molar-refractivity contribution is -0.131. The van der Waals surface area contributed by atoms with Crippen LogP contribution in [0.25, 0.3) is 0 Å². The van der Waals surface area contributed by atoms with Crippen molar-refractivity contribution in [3.63, 3.8) is 0 Å². The smallest absolute Gasteiger partial charge is 0.227 e. The topological polar surface area (TPSA) is 46.3 Å². The second kappa shape index (κ2) is 6.71. The molecule has 1 aliphatic rings. The van der Waals surface area contributed by atoms with Gasteiger partial charge in [0.25, 0.3) is 0 Å². The minimum Gasteiger partial charge on any atom is -0.359 e. The van der Waals surface area contributed by atoms with Gasteiger partial charge in [0.05, 0.1) is 18.2 Å². The van der Waals surface area contributed by atoms with Crippen LogP contribution in [0.4, 0.5) is 4.39 Å². The number of carbonyl (C=O) groups is 1. The van der Waals surface area contributed by atoms with Crippen LogP contribution in [0.3, 0.4) is 0 Å². The van der Waals surface area contributed by atoms with Gasteiger partial charge < -0.3 is 9.42 Å². The number of amides is 1. The average Bonchev–Trinajstić information content (AvgIpc) is 3.18. The first-order valence-corrected chi connectivity index (χ1v) is 8.15. The highest BCUT2D eigenvalue weighted by atomic mass is 35.5. The van der Waals surface area contributed by atoms with Crippen LogP contribution in [0, 0.1) is 5.82 Å². The molecule has 3 rings (SSSR count). The summed E-state index contributed by atoms with van der Waals surface area (Å²) in [6.07, 6.45) is 2.46. The molecular formula is C17H18ClFN2O2. The van der Waals surface area contributed by atoms with E-state index in [2.05, 4.69) is 5.16 Å². The normalized spacial score (nSPS) is 17.7. The first-order chi connectivity index (χ1) is 11.1. The standard InChI is InChI=1S/C17H18ClFN2O2/c1-2-11-9-16(23-20-11)15-7-4-8-21(15)17(22)10-12-13(18)5-3-6-14(12)19/h3,5-6,9,15H,2,4,7-8,10H2,1H3/t15-/m1/s1. The predicted molar refractivity (Wildman–Crippen MR) is 84.7 cm³/mol. The molecule has 1 aromatic carbocycles. The SMILES string of the molecule is CCc1cc([C@H]2CCCN2C(=O)Cc2c(F)cccc2Cl)on1. The average molecular weight is 337 g/mol. The summed E-state index contributed by atoms with van der Waals surface area (Å²) >= 11 is 6.02. The van der Waals surface area contributed by atoms with E-state index in [0.29, 0.717) is 12.3 Å². The molecule has 1 aromatic heterocycles. The summed E-state index contributed by atoms with van der Waals surface area (Å²) in [5.41, 5.74) is 1.12. The van der Waals surface area contributed by atoms with E-state index in [1.54, 1.807) is 11.0 Å². The van der Waals surface area contributed by atoms with Crippen LogP contribution < -0.4 is 0 Å². The lowest BCUT2D eigenvalue weighted by Gasteiger charge is -2.23. The van der Waals surface area contributed by atoms with Gasteiger partial charge in [0.2, 0.25) is 5.91 Å². The summed E-state index contributed by atoms with van der Waals surface area (Å²) in [5.74, 6) is 0.107. The zero-order chi connectivity index (χ0) is 16.4. The van der Waals surface area contributed by atoms with Crippen LogP contribution in [0.2, 0.25) is 5.02 Å². The Hall–Kier alpha value is -1.88. The minimum atomic E-state index is -0.450. The Morgan fingerprint density at radius 3 is 3.04 bits per heavy atom. The number of hydrogen-bond acceptors (Lipinski definition) is 3. The van der Waals surface area contributed by atoms with Crippen LogP contribution in [0.5, 0.6) is 0 Å². The number of nitrogens with zero attached hydrogens (tertiary/aromatic N) is 2. The predicted octanol–water partition coefficient (Wildman–Crippen LogP) is 3.94. The lowest BCUT2D eigenvalue weighted by Crippen LogP contribution is -2.32. The monoisotopic (exact) mass is 336 g/mol. The fraction of sp³-hybridized carbons (Fsp3) is 0.412. The zero-order valence-electron chi connectivity index (χ0n) is 12.9. The van der Waals surface area contributed by atoms with Gasteiger partial charge in [-0.05, 0) is 31.4 Å². The van der Waals surface area contributed by atoms with Crippen molar-refractivity contribution in [2.45, 2.75) is 38.6 Å². The number of halogens is 2. The molecule has 2 heterocycles. The summed E-state index contributed by atoms with van der Waals surface area (Å²) in [6.45, 7) is 2.64. The first kappa shape index (κ1) is 16.0. The van der Waals surface area contributed by atoms with Gasteiger partial charge >= 0.3 is 0 Å². The maximum atomic E-state index is 13.9. The fourth-order valence-corrected chi connectivity index (χ4v) is 3.20. The molecule has 23 heavy (non-hydrogen) atoms. The maximum absolute atomic E-state index is 13.9. The number of carbonyl (C=O) groups excluding carboxylic acids is 1. The highest BCUT2D eigenvalue weighted by Crippen LogP contribution is 2.33. The summed E-state index contributed by atoms with van der Waals surface area (Å²) < 4.78 is 19.3. The van der Waals surface area contributed by atoms with Crippen molar-refractivity contribution in [2.24, 2.45) is 0 Å². The number of hydrogen-bond donors (Lipinski definition) is 0. The van der Waals surface area contributed by atoms with Crippen LogP contribution in [0.1, 0.15) is 42.8 Å². The van der Waals surface area contributed by atoms with E-state index in [1.165, 1.54) is 12.1 Å². The third kappa shape index (κ3) is 3.24. The molecule has 0 saturated carbocycles. The van der Waals surface area contributed by atoms with Crippen LogP contribution in [-0.2, 0) is 17.6 Å². The third-order valence-electron chi connectivity index (χ3n) is 4.23. The van der Waals surface area contributed by atoms with Gasteiger partial charge in [-0.25, -0.2) is 4.39 Å². The van der Waals surface area contributed by atoms with Crippen molar-refractivity contribution < 1.29 is 13.7 Å². The molecule has 1 aliphatic heterocycles. The molecule has 0 spiro atoms. The van der Waals surface area contributed by atoms with E-state index in [4.69, 9.17) is 16.1 Å². The van der Waals surface area contributed by atoms with Gasteiger partial charge in [-0.1, -0.05) is 29.7 Å². The van der Waals surface area contributed by atoms with E-state index in [1.807, 2.05) is 13.0 Å². The van der Waals surface area contributed by atoms with Gasteiger partial charge in [-0.3, -0.25) is 4.79 Å². The van der Waals surface area contributed by atoms with E-state index >= 15 is 0 Å². The van der Waals surface area contributed by atoms with E-state index < -0.39 is 5.82 Å². The molecule has 1 saturated heterocycles. The molecule has 2 aromatic rings. The first-order valence-electron chi connectivity index (χ1n) is 7.78. The Kier molecular flexibility index (Phi) is 4.66. The Morgan fingerprint density at radius 2 is 2.35 bits per heavy atom. The molecule has 122 valence electrons. The van der Waals surface area contributed by atoms with Crippen molar-refractivity contribution in [3.05, 3.63) is 52.1 Å². The molecule has 4 nitrogen and oxygen atoms in total. The van der Waals surface area contributed by atoms with Crippen molar-refractivity contribution in [1.29, 1.82) is 0 Å². The molecule has 0 unspecified atom stereocenters. The van der Waals surface area contributed by atoms with E-state index in [0.717, 1.165) is 25.0 Å². The summed E-state index contributed by atoms with van der Waals surface area (Å²) in [4.78, 5) is 14.4. The molecule has 0 radical (unpaired) electrons. The lowest BCUT2D eigenvalue weighted by atomic mass is 10.1. The molecule has 6 heteroatoms. The third-order valence-corrected chi connectivity index (χ3v) is 4.58. The largest absolute Gasteiger partial charge is 0.359 e. The van der Waals surface area contributed by atoms with Crippen LogP contribution in [-0.4, -0.2) is 22.5 Å². The second-order valence-electron chi connectivity index (χ2n) is 5.70. The Balaban J connectivity index is 1.78. The van der Waals surface area contributed by atoms with Crippen LogP contribution in [0.15, 0.2) is 28.8 Å². The molecule has 1 amide bonds. The highest BCUT2D eigenvalue weighted by molar-refractivity contribution is 6.31. The molecule has 1 fully saturated rings. The summed E-state index contributed by atoms with van der Waals surface area (Å²) in [5, 5.41) is 4.27. The second-order valence-corrected chi connectivity index (χ2v) is 6.10. The summed E-state index contributed by atoms with van der Waals surface area (Å²) in [7, 11) is 0. The van der Waals surface area contributed by atoms with Gasteiger partial charge in [0.15, 0.2) is 5.76 Å². The maximum Gasteiger partial charge on any atom is 0.227 e. The van der Waals surface area contributed by atoms with Gasteiger partial charge in [0, 0.05) is 23.2 Å². The number of aryl methyl sites for hydroxylation is 1. The highest BCUT2D eigenvalue weighted by Gasteiger charge is 2.33. The molecular weight excluding hydrogens is 319 g/mol. The van der Waals surface area contributed by atoms with E-state index in [-0.39, 0.29) is 29.0 Å². The number of benzene rings is 1. The van der Waals surface area contributed by atoms with Gasteiger partial charge in [-0.2, -0.15) is 0 Å². The van der Waals surface area contributed by atoms with Crippen molar-refractivity contribution in [3.8, 4) is 0 Å². The molecule has 0 aliphatic carbocycles. The molecule has 0 bridgehead atoms. The Morgan fingerprint density at radius 1 is 1.52 bits per heavy atom. The number of rotatable bonds is 4. The van der Waals surface area contributed by atoms with Crippen molar-refractivity contribution in [1.82, 2.24) is 10.1 Å².